The molecule has 8 heteroatoms. The molecule has 1 saturated heterocycles. The summed E-state index contributed by atoms with van der Waals surface area (Å²) >= 11 is 0. The van der Waals surface area contributed by atoms with Gasteiger partial charge in [-0.15, -0.1) is 0 Å². The van der Waals surface area contributed by atoms with Gasteiger partial charge in [0.15, 0.2) is 0 Å². The molecular formula is C9H20N2O4S2. The first-order valence-electron chi connectivity index (χ1n) is 5.58. The second-order valence-corrected chi connectivity index (χ2v) is 8.78. The molecule has 1 rings (SSSR count). The van der Waals surface area contributed by atoms with Crippen LogP contribution >= 0.6 is 0 Å². The molecule has 0 aromatic carbocycles. The van der Waals surface area contributed by atoms with Gasteiger partial charge in [0.2, 0.25) is 10.0 Å². The highest BCUT2D eigenvalue weighted by Crippen LogP contribution is 2.12. The van der Waals surface area contributed by atoms with E-state index in [2.05, 4.69) is 10.0 Å². The summed E-state index contributed by atoms with van der Waals surface area (Å²) in [6.07, 6.45) is 1.95. The first-order valence-corrected chi connectivity index (χ1v) is 9.29. The van der Waals surface area contributed by atoms with Crippen LogP contribution in [0.1, 0.15) is 13.3 Å². The lowest BCUT2D eigenvalue weighted by Gasteiger charge is -2.29. The third kappa shape index (κ3) is 5.80. The number of piperidine rings is 1. The molecule has 2 atom stereocenters. The van der Waals surface area contributed by atoms with Gasteiger partial charge in [-0.1, -0.05) is 6.92 Å². The van der Waals surface area contributed by atoms with Crippen LogP contribution < -0.4 is 10.0 Å². The van der Waals surface area contributed by atoms with Crippen molar-refractivity contribution in [2.24, 2.45) is 5.92 Å². The van der Waals surface area contributed by atoms with E-state index in [4.69, 9.17) is 0 Å². The predicted molar refractivity (Wildman–Crippen MR) is 67.1 cm³/mol. The molecule has 1 aliphatic heterocycles. The van der Waals surface area contributed by atoms with E-state index >= 15 is 0 Å². The van der Waals surface area contributed by atoms with Crippen LogP contribution in [0.5, 0.6) is 0 Å². The molecule has 2 N–H and O–H groups in total. The van der Waals surface area contributed by atoms with Crippen LogP contribution in [0.25, 0.3) is 0 Å². The smallest absolute Gasteiger partial charge is 0.212 e. The third-order valence-electron chi connectivity index (χ3n) is 2.88. The van der Waals surface area contributed by atoms with Gasteiger partial charge in [0, 0.05) is 18.8 Å². The summed E-state index contributed by atoms with van der Waals surface area (Å²) in [5, 5.41) is 3.11. The largest absolute Gasteiger partial charge is 0.315 e. The standard InChI is InChI=1S/C9H20N2O4S2/c1-8-3-4-10-7-9(8)11-17(14,15)6-5-16(2,12)13/h8-11H,3-7H2,1-2H3/t8-,9-/m1/s1. The number of sulfone groups is 1. The van der Waals surface area contributed by atoms with Crippen LogP contribution in [0, 0.1) is 5.92 Å². The molecule has 0 unspecified atom stereocenters. The van der Waals surface area contributed by atoms with Gasteiger partial charge in [-0.2, -0.15) is 0 Å². The second-order valence-electron chi connectivity index (χ2n) is 4.64. The lowest BCUT2D eigenvalue weighted by atomic mass is 9.96. The van der Waals surface area contributed by atoms with E-state index < -0.39 is 19.9 Å². The van der Waals surface area contributed by atoms with Crippen molar-refractivity contribution < 1.29 is 16.8 Å². The van der Waals surface area contributed by atoms with Gasteiger partial charge in [0.1, 0.15) is 9.84 Å². The minimum Gasteiger partial charge on any atom is -0.315 e. The van der Waals surface area contributed by atoms with E-state index in [-0.39, 0.29) is 23.5 Å². The highest BCUT2D eigenvalue weighted by atomic mass is 32.2. The molecule has 0 aromatic rings. The first-order chi connectivity index (χ1) is 7.70. The fourth-order valence-corrected chi connectivity index (χ4v) is 4.68. The number of hydrogen-bond donors (Lipinski definition) is 2. The number of hydrogen-bond acceptors (Lipinski definition) is 5. The summed E-state index contributed by atoms with van der Waals surface area (Å²) in [4.78, 5) is 0. The molecule has 0 bridgehead atoms. The molecule has 1 fully saturated rings. The Morgan fingerprint density at radius 3 is 2.41 bits per heavy atom. The molecule has 0 aromatic heterocycles. The molecule has 0 saturated carbocycles. The summed E-state index contributed by atoms with van der Waals surface area (Å²) in [6, 6.07) is -0.145. The van der Waals surface area contributed by atoms with Crippen LogP contribution in [-0.2, 0) is 19.9 Å². The Morgan fingerprint density at radius 1 is 1.24 bits per heavy atom. The number of sulfonamides is 1. The highest BCUT2D eigenvalue weighted by molar-refractivity contribution is 7.93. The SMILES string of the molecule is C[C@@H]1CCNC[C@H]1NS(=O)(=O)CCS(C)(=O)=O. The fraction of sp³-hybridized carbons (Fsp3) is 1.00. The van der Waals surface area contributed by atoms with Crippen LogP contribution in [0.4, 0.5) is 0 Å². The molecular weight excluding hydrogens is 264 g/mol. The van der Waals surface area contributed by atoms with Crippen molar-refractivity contribution in [1.82, 2.24) is 10.0 Å². The maximum Gasteiger partial charge on any atom is 0.212 e. The minimum atomic E-state index is -3.52. The van der Waals surface area contributed by atoms with Gasteiger partial charge in [-0.3, -0.25) is 0 Å². The van der Waals surface area contributed by atoms with Gasteiger partial charge in [0.25, 0.3) is 0 Å². The molecule has 102 valence electrons. The Bertz CT molecular complexity index is 444. The molecule has 1 heterocycles. The lowest BCUT2D eigenvalue weighted by Crippen LogP contribution is -2.50. The summed E-state index contributed by atoms with van der Waals surface area (Å²) in [5.74, 6) is -0.435. The molecule has 0 spiro atoms. The molecule has 17 heavy (non-hydrogen) atoms. The summed E-state index contributed by atoms with van der Waals surface area (Å²) in [6.45, 7) is 3.48. The first kappa shape index (κ1) is 14.9. The van der Waals surface area contributed by atoms with Crippen LogP contribution in [0.2, 0.25) is 0 Å². The molecule has 0 amide bonds. The van der Waals surface area contributed by atoms with E-state index in [1.165, 1.54) is 0 Å². The van der Waals surface area contributed by atoms with E-state index in [0.717, 1.165) is 19.2 Å². The minimum absolute atomic E-state index is 0.145. The fourth-order valence-electron chi connectivity index (χ4n) is 1.70. The lowest BCUT2D eigenvalue weighted by molar-refractivity contribution is 0.327. The zero-order valence-corrected chi connectivity index (χ0v) is 11.8. The van der Waals surface area contributed by atoms with E-state index in [1.807, 2.05) is 6.92 Å². The summed E-state index contributed by atoms with van der Waals surface area (Å²) < 4.78 is 47.8. The Morgan fingerprint density at radius 2 is 1.88 bits per heavy atom. The average Bonchev–Trinajstić information content (AvgIpc) is 2.18. The van der Waals surface area contributed by atoms with Crippen molar-refractivity contribution in [2.75, 3.05) is 30.9 Å². The van der Waals surface area contributed by atoms with E-state index in [0.29, 0.717) is 6.54 Å². The van der Waals surface area contributed by atoms with Crippen LogP contribution in [0.3, 0.4) is 0 Å². The van der Waals surface area contributed by atoms with Crippen molar-refractivity contribution in [3.8, 4) is 0 Å². The summed E-state index contributed by atoms with van der Waals surface area (Å²) in [5.41, 5.74) is 0. The van der Waals surface area contributed by atoms with Crippen molar-refractivity contribution >= 4 is 19.9 Å². The van der Waals surface area contributed by atoms with Gasteiger partial charge in [0.05, 0.1) is 11.5 Å². The van der Waals surface area contributed by atoms with E-state index in [9.17, 15) is 16.8 Å². The predicted octanol–water partition coefficient (Wildman–Crippen LogP) is -1.05. The molecule has 0 radical (unpaired) electrons. The van der Waals surface area contributed by atoms with Crippen molar-refractivity contribution in [3.05, 3.63) is 0 Å². The van der Waals surface area contributed by atoms with Crippen LogP contribution in [-0.4, -0.2) is 53.7 Å². The zero-order valence-electron chi connectivity index (χ0n) is 10.1. The Labute approximate surface area is 103 Å². The maximum absolute atomic E-state index is 11.7. The Balaban J connectivity index is 2.54. The van der Waals surface area contributed by atoms with Crippen molar-refractivity contribution in [2.45, 2.75) is 19.4 Å². The van der Waals surface area contributed by atoms with E-state index in [1.54, 1.807) is 0 Å². The Hall–Kier alpha value is -0.180. The molecule has 0 aliphatic carbocycles. The highest BCUT2D eigenvalue weighted by Gasteiger charge is 2.26. The van der Waals surface area contributed by atoms with Crippen molar-refractivity contribution in [3.63, 3.8) is 0 Å². The van der Waals surface area contributed by atoms with Crippen molar-refractivity contribution in [1.29, 1.82) is 0 Å². The molecule has 6 nitrogen and oxygen atoms in total. The van der Waals surface area contributed by atoms with Gasteiger partial charge in [-0.25, -0.2) is 21.6 Å². The van der Waals surface area contributed by atoms with Gasteiger partial charge < -0.3 is 5.32 Å². The quantitative estimate of drug-likeness (QED) is 0.672. The third-order valence-corrected chi connectivity index (χ3v) is 5.49. The second kappa shape index (κ2) is 5.64. The van der Waals surface area contributed by atoms with Gasteiger partial charge >= 0.3 is 0 Å². The maximum atomic E-state index is 11.7. The summed E-state index contributed by atoms with van der Waals surface area (Å²) in [7, 11) is -6.76. The Kier molecular flexibility index (Phi) is 4.94. The normalized spacial score (nSPS) is 26.9. The number of rotatable bonds is 5. The van der Waals surface area contributed by atoms with Gasteiger partial charge in [-0.05, 0) is 18.9 Å². The zero-order chi connectivity index (χ0) is 13.1. The topological polar surface area (TPSA) is 92.3 Å². The number of nitrogens with one attached hydrogen (secondary N) is 2. The monoisotopic (exact) mass is 284 g/mol. The van der Waals surface area contributed by atoms with Crippen LogP contribution in [0.15, 0.2) is 0 Å². The average molecular weight is 284 g/mol. The molecule has 1 aliphatic rings.